The number of benzene rings is 1. The van der Waals surface area contributed by atoms with E-state index in [4.69, 9.17) is 0 Å². The van der Waals surface area contributed by atoms with Crippen LogP contribution in [0.2, 0.25) is 0 Å². The fraction of sp³-hybridized carbons (Fsp3) is 0.429. The minimum absolute atomic E-state index is 0.219. The van der Waals surface area contributed by atoms with Gasteiger partial charge in [-0.05, 0) is 26.0 Å². The fourth-order valence-corrected chi connectivity index (χ4v) is 2.20. The Morgan fingerprint density at radius 2 is 1.83 bits per heavy atom. The molecular weight excluding hydrogens is 228 g/mol. The Labute approximate surface area is 106 Å². The summed E-state index contributed by atoms with van der Waals surface area (Å²) in [6.45, 7) is 5.80. The summed E-state index contributed by atoms with van der Waals surface area (Å²) in [6.07, 6.45) is 0. The molecule has 0 aromatic heterocycles. The molecule has 2 aliphatic heterocycles. The number of carbonyl (C=O) groups excluding carboxylic acids is 2. The van der Waals surface area contributed by atoms with Gasteiger partial charge in [-0.1, -0.05) is 12.1 Å². The number of hydrogen-bond donors (Lipinski definition) is 0. The maximum absolute atomic E-state index is 12.0. The van der Waals surface area contributed by atoms with Crippen molar-refractivity contribution in [1.82, 2.24) is 4.90 Å². The lowest BCUT2D eigenvalue weighted by Crippen LogP contribution is -2.23. The van der Waals surface area contributed by atoms with E-state index in [0.717, 1.165) is 12.2 Å². The number of carbonyl (C=O) groups is 2. The number of nitrogens with zero attached hydrogens (tertiary/aromatic N) is 2. The van der Waals surface area contributed by atoms with Crippen LogP contribution in [0.25, 0.3) is 0 Å². The number of rotatable bonds is 3. The molecule has 0 N–H and O–H groups in total. The third-order valence-corrected chi connectivity index (χ3v) is 3.61. The molecule has 2 fully saturated rings. The molecule has 3 rings (SSSR count). The maximum Gasteiger partial charge on any atom is 0.295 e. The lowest BCUT2D eigenvalue weighted by molar-refractivity contribution is -0.121. The van der Waals surface area contributed by atoms with Crippen molar-refractivity contribution in [2.75, 3.05) is 18.0 Å². The zero-order valence-corrected chi connectivity index (χ0v) is 10.6. The van der Waals surface area contributed by atoms with E-state index in [0.29, 0.717) is 18.2 Å². The molecule has 18 heavy (non-hydrogen) atoms. The van der Waals surface area contributed by atoms with Crippen LogP contribution in [-0.4, -0.2) is 41.8 Å². The van der Waals surface area contributed by atoms with E-state index in [1.54, 1.807) is 11.0 Å². The first-order valence-electron chi connectivity index (χ1n) is 6.30. The molecule has 0 aliphatic carbocycles. The van der Waals surface area contributed by atoms with E-state index in [2.05, 4.69) is 11.8 Å². The van der Waals surface area contributed by atoms with Gasteiger partial charge in [-0.2, -0.15) is 0 Å². The van der Waals surface area contributed by atoms with Crippen LogP contribution in [0.4, 0.5) is 5.69 Å². The molecule has 0 saturated carbocycles. The van der Waals surface area contributed by atoms with Gasteiger partial charge in [0.2, 0.25) is 5.78 Å². The molecule has 0 spiro atoms. The average Bonchev–Trinajstić information content (AvgIpc) is 3.27. The van der Waals surface area contributed by atoms with E-state index in [-0.39, 0.29) is 11.9 Å². The summed E-state index contributed by atoms with van der Waals surface area (Å²) in [5.41, 5.74) is 1.52. The highest BCUT2D eigenvalue weighted by molar-refractivity contribution is 6.43. The predicted molar refractivity (Wildman–Crippen MR) is 68.8 cm³/mol. The van der Waals surface area contributed by atoms with Crippen molar-refractivity contribution in [2.24, 2.45) is 0 Å². The molecule has 1 unspecified atom stereocenters. The minimum atomic E-state index is -0.393. The molecule has 1 aromatic rings. The quantitative estimate of drug-likeness (QED) is 0.457. The summed E-state index contributed by atoms with van der Waals surface area (Å²) in [6, 6.07) is 8.11. The zero-order valence-electron chi connectivity index (χ0n) is 10.6. The van der Waals surface area contributed by atoms with Crippen LogP contribution in [0, 0.1) is 0 Å². The van der Waals surface area contributed by atoms with E-state index in [9.17, 15) is 9.59 Å². The molecule has 0 bridgehead atoms. The van der Waals surface area contributed by atoms with Crippen molar-refractivity contribution in [3.63, 3.8) is 0 Å². The lowest BCUT2D eigenvalue weighted by Gasteiger charge is -2.06. The maximum atomic E-state index is 12.0. The Morgan fingerprint density at radius 3 is 2.39 bits per heavy atom. The molecular formula is C14H16N2O2. The van der Waals surface area contributed by atoms with Crippen LogP contribution in [0.1, 0.15) is 24.2 Å². The van der Waals surface area contributed by atoms with Gasteiger partial charge in [-0.3, -0.25) is 9.59 Å². The molecule has 2 heterocycles. The number of Topliss-reactive ketones (excluding diaryl/α,β-unsaturated/α-hetero) is 1. The second-order valence-electron chi connectivity index (χ2n) is 5.19. The van der Waals surface area contributed by atoms with Gasteiger partial charge in [0.1, 0.15) is 0 Å². The summed E-state index contributed by atoms with van der Waals surface area (Å²) in [7, 11) is 0. The number of anilines is 1. The molecule has 94 valence electrons. The Balaban J connectivity index is 1.79. The zero-order chi connectivity index (χ0) is 12.9. The van der Waals surface area contributed by atoms with Crippen LogP contribution in [0.3, 0.4) is 0 Å². The van der Waals surface area contributed by atoms with Crippen molar-refractivity contribution in [2.45, 2.75) is 25.9 Å². The second kappa shape index (κ2) is 3.83. The van der Waals surface area contributed by atoms with Crippen molar-refractivity contribution in [3.8, 4) is 0 Å². The highest BCUT2D eigenvalue weighted by Crippen LogP contribution is 2.28. The SMILES string of the molecule is CC1CN1c1cccc(C(=O)C(=O)N2C[C@H]2C)c1. The van der Waals surface area contributed by atoms with Gasteiger partial charge in [0.15, 0.2) is 0 Å². The Hall–Kier alpha value is -1.84. The first-order chi connectivity index (χ1) is 8.58. The average molecular weight is 244 g/mol. The summed E-state index contributed by atoms with van der Waals surface area (Å²) < 4.78 is 0. The van der Waals surface area contributed by atoms with Crippen LogP contribution in [0.5, 0.6) is 0 Å². The highest BCUT2D eigenvalue weighted by Gasteiger charge is 2.38. The number of hydrogen-bond acceptors (Lipinski definition) is 3. The van der Waals surface area contributed by atoms with Crippen LogP contribution in [-0.2, 0) is 4.79 Å². The molecule has 2 saturated heterocycles. The summed E-state index contributed by atoms with van der Waals surface area (Å²) >= 11 is 0. The van der Waals surface area contributed by atoms with Crippen LogP contribution in [0.15, 0.2) is 24.3 Å². The molecule has 0 radical (unpaired) electrons. The van der Waals surface area contributed by atoms with Gasteiger partial charge in [0.25, 0.3) is 5.91 Å². The molecule has 1 amide bonds. The molecule has 4 heteroatoms. The highest BCUT2D eigenvalue weighted by atomic mass is 16.2. The van der Waals surface area contributed by atoms with Gasteiger partial charge in [-0.15, -0.1) is 0 Å². The van der Waals surface area contributed by atoms with Crippen molar-refractivity contribution in [1.29, 1.82) is 0 Å². The Kier molecular flexibility index (Phi) is 2.40. The third-order valence-electron chi connectivity index (χ3n) is 3.61. The van der Waals surface area contributed by atoms with E-state index in [1.165, 1.54) is 0 Å². The summed E-state index contributed by atoms with van der Waals surface area (Å²) in [5, 5.41) is 0. The number of amides is 1. The largest absolute Gasteiger partial charge is 0.365 e. The van der Waals surface area contributed by atoms with Crippen LogP contribution >= 0.6 is 0 Å². The summed E-state index contributed by atoms with van der Waals surface area (Å²) in [5.74, 6) is -0.769. The Bertz CT molecular complexity index is 526. The predicted octanol–water partition coefficient (Wildman–Crippen LogP) is 1.31. The van der Waals surface area contributed by atoms with Crippen molar-refractivity contribution < 1.29 is 9.59 Å². The molecule has 2 aliphatic rings. The third kappa shape index (κ3) is 1.88. The van der Waals surface area contributed by atoms with Gasteiger partial charge in [-0.25, -0.2) is 0 Å². The van der Waals surface area contributed by atoms with Gasteiger partial charge in [0, 0.05) is 36.4 Å². The standard InChI is InChI=1S/C14H16N2O2/c1-9-7-15(9)12-5-3-4-11(6-12)13(17)14(18)16-8-10(16)2/h3-6,9-10H,7-8H2,1-2H3/t9?,10-,15?,16?/m1/s1. The first kappa shape index (κ1) is 11.3. The monoisotopic (exact) mass is 244 g/mol. The van der Waals surface area contributed by atoms with Gasteiger partial charge in [0.05, 0.1) is 0 Å². The van der Waals surface area contributed by atoms with E-state index >= 15 is 0 Å². The number of ketones is 1. The minimum Gasteiger partial charge on any atom is -0.365 e. The second-order valence-corrected chi connectivity index (χ2v) is 5.19. The fourth-order valence-electron chi connectivity index (χ4n) is 2.20. The van der Waals surface area contributed by atoms with Gasteiger partial charge < -0.3 is 9.80 Å². The lowest BCUT2D eigenvalue weighted by atomic mass is 10.1. The molecule has 1 aromatic carbocycles. The van der Waals surface area contributed by atoms with Crippen molar-refractivity contribution >= 4 is 17.4 Å². The molecule has 4 nitrogen and oxygen atoms in total. The smallest absolute Gasteiger partial charge is 0.295 e. The Morgan fingerprint density at radius 1 is 1.17 bits per heavy atom. The van der Waals surface area contributed by atoms with E-state index in [1.807, 2.05) is 25.1 Å². The topological polar surface area (TPSA) is 40.2 Å². The normalized spacial score (nSPS) is 25.0. The first-order valence-corrected chi connectivity index (χ1v) is 6.30. The van der Waals surface area contributed by atoms with Crippen molar-refractivity contribution in [3.05, 3.63) is 29.8 Å². The molecule has 2 atom stereocenters. The van der Waals surface area contributed by atoms with E-state index < -0.39 is 5.78 Å². The van der Waals surface area contributed by atoms with Gasteiger partial charge >= 0.3 is 0 Å². The van der Waals surface area contributed by atoms with Crippen LogP contribution < -0.4 is 4.90 Å². The summed E-state index contributed by atoms with van der Waals surface area (Å²) in [4.78, 5) is 27.7.